The summed E-state index contributed by atoms with van der Waals surface area (Å²) < 4.78 is 27.1. The predicted molar refractivity (Wildman–Crippen MR) is 74.0 cm³/mol. The molecule has 1 aromatic carbocycles. The lowest BCUT2D eigenvalue weighted by Crippen LogP contribution is -1.93. The molecule has 2 N–H and O–H groups in total. The molecular formula is C13H13F2NS2. The summed E-state index contributed by atoms with van der Waals surface area (Å²) in [6.45, 7) is 2.09. The van der Waals surface area contributed by atoms with E-state index in [1.54, 1.807) is 11.3 Å². The molecule has 96 valence electrons. The highest BCUT2D eigenvalue weighted by Crippen LogP contribution is 2.31. The number of thiophene rings is 1. The van der Waals surface area contributed by atoms with E-state index in [0.717, 1.165) is 35.2 Å². The van der Waals surface area contributed by atoms with Crippen LogP contribution in [0.2, 0.25) is 0 Å². The van der Waals surface area contributed by atoms with Gasteiger partial charge in [0.05, 0.1) is 4.90 Å². The van der Waals surface area contributed by atoms with Gasteiger partial charge in [0.1, 0.15) is 11.6 Å². The SMILES string of the molecule is CCc1ccc(CSc2c(F)cc(N)cc2F)s1. The number of nitrogens with two attached hydrogens (primary N) is 1. The quantitative estimate of drug-likeness (QED) is 0.663. The lowest BCUT2D eigenvalue weighted by atomic mass is 10.3. The first kappa shape index (κ1) is 13.4. The molecule has 0 radical (unpaired) electrons. The third kappa shape index (κ3) is 3.03. The van der Waals surface area contributed by atoms with Gasteiger partial charge in [-0.25, -0.2) is 8.78 Å². The number of aryl methyl sites for hydroxylation is 1. The lowest BCUT2D eigenvalue weighted by Gasteiger charge is -2.04. The van der Waals surface area contributed by atoms with Crippen molar-refractivity contribution in [1.29, 1.82) is 0 Å². The van der Waals surface area contributed by atoms with Crippen molar-refractivity contribution < 1.29 is 8.78 Å². The van der Waals surface area contributed by atoms with E-state index in [4.69, 9.17) is 5.73 Å². The predicted octanol–water partition coefficient (Wildman–Crippen LogP) is 4.46. The van der Waals surface area contributed by atoms with Crippen molar-refractivity contribution in [3.63, 3.8) is 0 Å². The first-order valence-corrected chi connectivity index (χ1v) is 7.35. The molecule has 5 heteroatoms. The zero-order valence-electron chi connectivity index (χ0n) is 9.87. The third-order valence-electron chi connectivity index (χ3n) is 2.45. The minimum atomic E-state index is -0.593. The molecule has 0 fully saturated rings. The van der Waals surface area contributed by atoms with E-state index in [9.17, 15) is 8.78 Å². The van der Waals surface area contributed by atoms with Gasteiger partial charge in [-0.1, -0.05) is 6.92 Å². The Hall–Kier alpha value is -1.07. The van der Waals surface area contributed by atoms with Gasteiger partial charge >= 0.3 is 0 Å². The molecule has 0 saturated carbocycles. The van der Waals surface area contributed by atoms with Gasteiger partial charge in [0.2, 0.25) is 0 Å². The van der Waals surface area contributed by atoms with Gasteiger partial charge in [0.25, 0.3) is 0 Å². The fourth-order valence-corrected chi connectivity index (χ4v) is 3.49. The van der Waals surface area contributed by atoms with Crippen LogP contribution in [0.25, 0.3) is 0 Å². The highest BCUT2D eigenvalue weighted by Gasteiger charge is 2.11. The lowest BCUT2D eigenvalue weighted by molar-refractivity contribution is 0.542. The number of anilines is 1. The zero-order chi connectivity index (χ0) is 13.1. The fourth-order valence-electron chi connectivity index (χ4n) is 1.55. The Bertz CT molecular complexity index is 529. The fraction of sp³-hybridized carbons (Fsp3) is 0.231. The van der Waals surface area contributed by atoms with Crippen LogP contribution >= 0.6 is 23.1 Å². The molecule has 0 spiro atoms. The van der Waals surface area contributed by atoms with E-state index in [1.807, 2.05) is 6.07 Å². The molecule has 0 amide bonds. The summed E-state index contributed by atoms with van der Waals surface area (Å²) in [6.07, 6.45) is 0.986. The highest BCUT2D eigenvalue weighted by atomic mass is 32.2. The number of nitrogen functional groups attached to an aromatic ring is 1. The standard InChI is InChI=1S/C13H13F2NS2/c1-2-9-3-4-10(18-9)7-17-13-11(14)5-8(16)6-12(13)15/h3-6H,2,7,16H2,1H3. The summed E-state index contributed by atoms with van der Waals surface area (Å²) in [5.74, 6) is -0.614. The number of hydrogen-bond acceptors (Lipinski definition) is 3. The molecule has 0 aliphatic rings. The normalized spacial score (nSPS) is 10.8. The molecule has 0 bridgehead atoms. The van der Waals surface area contributed by atoms with Crippen LogP contribution in [0.4, 0.5) is 14.5 Å². The Morgan fingerprint density at radius 1 is 1.17 bits per heavy atom. The first-order valence-electron chi connectivity index (χ1n) is 5.55. The zero-order valence-corrected chi connectivity index (χ0v) is 11.5. The van der Waals surface area contributed by atoms with E-state index < -0.39 is 11.6 Å². The second-order valence-corrected chi connectivity index (χ2v) is 6.06. The van der Waals surface area contributed by atoms with Crippen molar-refractivity contribution in [2.24, 2.45) is 0 Å². The van der Waals surface area contributed by atoms with Gasteiger partial charge in [-0.3, -0.25) is 0 Å². The number of halogens is 2. The molecule has 0 saturated heterocycles. The monoisotopic (exact) mass is 285 g/mol. The number of rotatable bonds is 4. The molecule has 0 unspecified atom stereocenters. The largest absolute Gasteiger partial charge is 0.399 e. The molecule has 0 aliphatic heterocycles. The van der Waals surface area contributed by atoms with E-state index in [1.165, 1.54) is 4.88 Å². The first-order chi connectivity index (χ1) is 8.60. The van der Waals surface area contributed by atoms with Crippen molar-refractivity contribution in [2.75, 3.05) is 5.73 Å². The van der Waals surface area contributed by atoms with Crippen LogP contribution in [0.5, 0.6) is 0 Å². The minimum Gasteiger partial charge on any atom is -0.399 e. The van der Waals surface area contributed by atoms with E-state index in [2.05, 4.69) is 13.0 Å². The minimum absolute atomic E-state index is 0.0376. The van der Waals surface area contributed by atoms with Crippen LogP contribution in [-0.4, -0.2) is 0 Å². The van der Waals surface area contributed by atoms with Crippen LogP contribution in [-0.2, 0) is 12.2 Å². The molecule has 0 atom stereocenters. The second-order valence-electron chi connectivity index (χ2n) is 3.82. The summed E-state index contributed by atoms with van der Waals surface area (Å²) in [5.41, 5.74) is 5.48. The molecule has 2 aromatic rings. The summed E-state index contributed by atoms with van der Waals surface area (Å²) in [7, 11) is 0. The van der Waals surface area contributed by atoms with Gasteiger partial charge in [-0.2, -0.15) is 0 Å². The highest BCUT2D eigenvalue weighted by molar-refractivity contribution is 7.98. The summed E-state index contributed by atoms with van der Waals surface area (Å²) >= 11 is 2.84. The van der Waals surface area contributed by atoms with E-state index in [-0.39, 0.29) is 10.6 Å². The van der Waals surface area contributed by atoms with E-state index >= 15 is 0 Å². The van der Waals surface area contributed by atoms with Crippen LogP contribution < -0.4 is 5.73 Å². The molecule has 0 aliphatic carbocycles. The van der Waals surface area contributed by atoms with Crippen molar-refractivity contribution in [3.05, 3.63) is 45.7 Å². The Morgan fingerprint density at radius 3 is 2.33 bits per heavy atom. The van der Waals surface area contributed by atoms with Crippen molar-refractivity contribution in [3.8, 4) is 0 Å². The Balaban J connectivity index is 2.10. The van der Waals surface area contributed by atoms with Gasteiger partial charge in [0.15, 0.2) is 0 Å². The van der Waals surface area contributed by atoms with Crippen molar-refractivity contribution in [2.45, 2.75) is 24.0 Å². The van der Waals surface area contributed by atoms with Crippen LogP contribution in [0.1, 0.15) is 16.7 Å². The van der Waals surface area contributed by atoms with Crippen molar-refractivity contribution in [1.82, 2.24) is 0 Å². The number of hydrogen-bond donors (Lipinski definition) is 1. The van der Waals surface area contributed by atoms with E-state index in [0.29, 0.717) is 5.75 Å². The molecule has 1 aromatic heterocycles. The van der Waals surface area contributed by atoms with Crippen molar-refractivity contribution >= 4 is 28.8 Å². The number of thioether (sulfide) groups is 1. The maximum Gasteiger partial charge on any atom is 0.141 e. The maximum absolute atomic E-state index is 13.5. The van der Waals surface area contributed by atoms with Crippen LogP contribution in [0.15, 0.2) is 29.2 Å². The molecule has 18 heavy (non-hydrogen) atoms. The smallest absolute Gasteiger partial charge is 0.141 e. The van der Waals surface area contributed by atoms with Gasteiger partial charge in [-0.15, -0.1) is 23.1 Å². The third-order valence-corrected chi connectivity index (χ3v) is 4.99. The Morgan fingerprint density at radius 2 is 1.78 bits per heavy atom. The maximum atomic E-state index is 13.5. The van der Waals surface area contributed by atoms with Gasteiger partial charge in [-0.05, 0) is 30.7 Å². The Labute approximate surface area is 113 Å². The Kier molecular flexibility index (Phi) is 4.24. The topological polar surface area (TPSA) is 26.0 Å². The average Bonchev–Trinajstić information content (AvgIpc) is 2.75. The molecule has 1 heterocycles. The average molecular weight is 285 g/mol. The summed E-state index contributed by atoms with van der Waals surface area (Å²) in [5, 5.41) is 0. The van der Waals surface area contributed by atoms with Crippen LogP contribution in [0.3, 0.4) is 0 Å². The van der Waals surface area contributed by atoms with Gasteiger partial charge in [0, 0.05) is 21.2 Å². The molecular weight excluding hydrogens is 272 g/mol. The second kappa shape index (κ2) is 5.71. The summed E-state index contributed by atoms with van der Waals surface area (Å²) in [6, 6.07) is 6.36. The number of benzene rings is 1. The van der Waals surface area contributed by atoms with Crippen LogP contribution in [0, 0.1) is 11.6 Å². The summed E-state index contributed by atoms with van der Waals surface area (Å²) in [4.78, 5) is 2.44. The molecule has 2 rings (SSSR count). The molecule has 1 nitrogen and oxygen atoms in total. The van der Waals surface area contributed by atoms with Gasteiger partial charge < -0.3 is 5.73 Å².